The van der Waals surface area contributed by atoms with Gasteiger partial charge in [0.2, 0.25) is 0 Å². The Kier molecular flexibility index (Phi) is 4.00. The van der Waals surface area contributed by atoms with E-state index in [0.717, 1.165) is 6.54 Å². The molecule has 2 N–H and O–H groups in total. The van der Waals surface area contributed by atoms with Gasteiger partial charge in [-0.05, 0) is 32.9 Å². The van der Waals surface area contributed by atoms with Crippen molar-refractivity contribution in [1.29, 1.82) is 0 Å². The molecule has 3 heteroatoms. The zero-order chi connectivity index (χ0) is 10.7. The van der Waals surface area contributed by atoms with Crippen molar-refractivity contribution in [3.63, 3.8) is 0 Å². The van der Waals surface area contributed by atoms with Crippen LogP contribution >= 0.6 is 0 Å². The van der Waals surface area contributed by atoms with Crippen LogP contribution in [-0.4, -0.2) is 56.1 Å². The Hall–Kier alpha value is -0.120. The lowest BCUT2D eigenvalue weighted by Crippen LogP contribution is -2.46. The largest absolute Gasteiger partial charge is 0.330 e. The molecule has 15 heavy (non-hydrogen) atoms. The predicted molar refractivity (Wildman–Crippen MR) is 62.4 cm³/mol. The van der Waals surface area contributed by atoms with E-state index in [1.807, 2.05) is 0 Å². The Bertz CT molecular complexity index is 187. The van der Waals surface area contributed by atoms with Crippen LogP contribution in [-0.2, 0) is 0 Å². The molecule has 0 aromatic heterocycles. The third-order valence-electron chi connectivity index (χ3n) is 3.22. The summed E-state index contributed by atoms with van der Waals surface area (Å²) in [5.41, 5.74) is 5.70. The van der Waals surface area contributed by atoms with Gasteiger partial charge in [0.25, 0.3) is 0 Å². The lowest BCUT2D eigenvalue weighted by molar-refractivity contribution is 0.160. The minimum atomic E-state index is 0.663. The highest BCUT2D eigenvalue weighted by Crippen LogP contribution is 2.32. The van der Waals surface area contributed by atoms with Gasteiger partial charge in [0, 0.05) is 44.6 Å². The lowest BCUT2D eigenvalue weighted by Gasteiger charge is -2.34. The zero-order valence-corrected chi connectivity index (χ0v) is 9.45. The second-order valence-electron chi connectivity index (χ2n) is 4.36. The summed E-state index contributed by atoms with van der Waals surface area (Å²) in [6.07, 6.45) is 6.43. The van der Waals surface area contributed by atoms with E-state index >= 15 is 0 Å². The topological polar surface area (TPSA) is 32.5 Å². The van der Waals surface area contributed by atoms with Gasteiger partial charge in [-0.1, -0.05) is 0 Å². The summed E-state index contributed by atoms with van der Waals surface area (Å²) in [5.74, 6) is 2.70. The van der Waals surface area contributed by atoms with E-state index in [-0.39, 0.29) is 0 Å². The van der Waals surface area contributed by atoms with E-state index in [0.29, 0.717) is 6.54 Å². The van der Waals surface area contributed by atoms with Gasteiger partial charge in [-0.2, -0.15) is 0 Å². The minimum absolute atomic E-state index is 0.663. The monoisotopic (exact) mass is 206 g/mol. The van der Waals surface area contributed by atoms with Crippen LogP contribution in [0.25, 0.3) is 0 Å². The quantitative estimate of drug-likeness (QED) is 0.704. The highest BCUT2D eigenvalue weighted by molar-refractivity contribution is 5.45. The molecule has 0 bridgehead atoms. The van der Waals surface area contributed by atoms with Crippen molar-refractivity contribution < 1.29 is 0 Å². The average Bonchev–Trinajstić information content (AvgIpc) is 2.69. The lowest BCUT2D eigenvalue weighted by atomic mass is 9.95. The Morgan fingerprint density at radius 1 is 1.13 bits per heavy atom. The summed E-state index contributed by atoms with van der Waals surface area (Å²) in [7, 11) is 2.19. The van der Waals surface area contributed by atoms with Crippen LogP contribution in [0.2, 0.25) is 0 Å². The molecule has 1 saturated carbocycles. The Morgan fingerprint density at radius 3 is 2.47 bits per heavy atom. The summed E-state index contributed by atoms with van der Waals surface area (Å²) in [4.78, 5) is 4.89. The molecule has 5 radical (unpaired) electrons. The molecule has 0 aromatic carbocycles. The molecule has 0 aromatic rings. The molecule has 2 fully saturated rings. The van der Waals surface area contributed by atoms with Crippen LogP contribution in [0.1, 0.15) is 0 Å². The number of likely N-dealkylation sites (N-methyl/N-ethyl adjacent to an activating group) is 1. The number of nitrogens with two attached hydrogens (primary N) is 1. The van der Waals surface area contributed by atoms with Crippen molar-refractivity contribution in [1.82, 2.24) is 9.80 Å². The van der Waals surface area contributed by atoms with E-state index in [1.165, 1.54) is 38.0 Å². The van der Waals surface area contributed by atoms with Gasteiger partial charge in [-0.15, -0.1) is 0 Å². The Morgan fingerprint density at radius 2 is 1.80 bits per heavy atom. The molecule has 0 spiro atoms. The van der Waals surface area contributed by atoms with Crippen molar-refractivity contribution >= 4 is 0 Å². The fourth-order valence-electron chi connectivity index (χ4n) is 2.09. The summed E-state index contributed by atoms with van der Waals surface area (Å²) < 4.78 is 0. The van der Waals surface area contributed by atoms with Gasteiger partial charge in [-0.3, -0.25) is 0 Å². The molecule has 0 amide bonds. The minimum Gasteiger partial charge on any atom is -0.330 e. The first-order valence-electron chi connectivity index (χ1n) is 5.64. The zero-order valence-electron chi connectivity index (χ0n) is 9.45. The fourth-order valence-corrected chi connectivity index (χ4v) is 2.09. The van der Waals surface area contributed by atoms with E-state index < -0.39 is 0 Å². The number of hydrogen-bond acceptors (Lipinski definition) is 3. The first-order valence-corrected chi connectivity index (χ1v) is 5.64. The molecule has 1 saturated heterocycles. The summed E-state index contributed by atoms with van der Waals surface area (Å²) in [6.45, 7) is 6.43. The summed E-state index contributed by atoms with van der Waals surface area (Å²) in [5, 5.41) is 0. The maximum Gasteiger partial charge on any atom is 0.0110 e. The first-order chi connectivity index (χ1) is 7.29. The van der Waals surface area contributed by atoms with Crippen molar-refractivity contribution in [2.24, 2.45) is 5.73 Å². The molecular weight excluding hydrogens is 186 g/mol. The number of nitrogens with zero attached hydrogens (tertiary/aromatic N) is 2. The van der Waals surface area contributed by atoms with Crippen molar-refractivity contribution in [3.05, 3.63) is 31.1 Å². The van der Waals surface area contributed by atoms with Gasteiger partial charge < -0.3 is 15.5 Å². The average molecular weight is 206 g/mol. The normalized spacial score (nSPS) is 27.6. The second kappa shape index (κ2) is 5.28. The fraction of sp³-hybridized carbons (Fsp3) is 0.583. The predicted octanol–water partition coefficient (Wildman–Crippen LogP) is -0.0320. The van der Waals surface area contributed by atoms with E-state index in [9.17, 15) is 0 Å². The molecule has 2 rings (SSSR count). The van der Waals surface area contributed by atoms with Crippen LogP contribution in [0.3, 0.4) is 0 Å². The maximum absolute atomic E-state index is 5.70. The third kappa shape index (κ3) is 2.92. The molecule has 83 valence electrons. The van der Waals surface area contributed by atoms with Crippen molar-refractivity contribution in [2.75, 3.05) is 46.3 Å². The standard InChI is InChI=1S/C12H20N3/c1-14-5-7-15(8-6-14)10-12-4-2-3-11(12)9-13/h2-4H,5-10,13H2,1H3. The Balaban J connectivity index is 1.76. The van der Waals surface area contributed by atoms with Crippen LogP contribution in [0, 0.1) is 31.1 Å². The van der Waals surface area contributed by atoms with Gasteiger partial charge in [-0.25, -0.2) is 0 Å². The molecular formula is C12H20N3. The second-order valence-corrected chi connectivity index (χ2v) is 4.36. The molecule has 0 atom stereocenters. The van der Waals surface area contributed by atoms with Crippen molar-refractivity contribution in [2.45, 2.75) is 0 Å². The van der Waals surface area contributed by atoms with Gasteiger partial charge in [0.05, 0.1) is 0 Å². The van der Waals surface area contributed by atoms with Crippen LogP contribution in [0.15, 0.2) is 0 Å². The molecule has 1 aliphatic heterocycles. The Labute approximate surface area is 93.6 Å². The third-order valence-corrected chi connectivity index (χ3v) is 3.22. The summed E-state index contributed by atoms with van der Waals surface area (Å²) in [6, 6.07) is 0. The molecule has 3 nitrogen and oxygen atoms in total. The van der Waals surface area contributed by atoms with E-state index in [1.54, 1.807) is 0 Å². The number of piperazine rings is 1. The van der Waals surface area contributed by atoms with E-state index in [4.69, 9.17) is 5.73 Å². The smallest absolute Gasteiger partial charge is 0.0110 e. The van der Waals surface area contributed by atoms with Crippen LogP contribution < -0.4 is 5.73 Å². The molecule has 2 aliphatic rings. The van der Waals surface area contributed by atoms with E-state index in [2.05, 4.69) is 36.1 Å². The molecule has 0 unspecified atom stereocenters. The first kappa shape index (κ1) is 11.4. The van der Waals surface area contributed by atoms with Gasteiger partial charge in [0.15, 0.2) is 0 Å². The highest BCUT2D eigenvalue weighted by atomic mass is 15.2. The van der Waals surface area contributed by atoms with Crippen LogP contribution in [0.4, 0.5) is 0 Å². The summed E-state index contributed by atoms with van der Waals surface area (Å²) >= 11 is 0. The van der Waals surface area contributed by atoms with Gasteiger partial charge in [0.1, 0.15) is 0 Å². The van der Waals surface area contributed by atoms with Crippen molar-refractivity contribution in [3.8, 4) is 0 Å². The highest BCUT2D eigenvalue weighted by Gasteiger charge is 2.30. The number of rotatable bonds is 3. The maximum atomic E-state index is 5.70. The van der Waals surface area contributed by atoms with Gasteiger partial charge >= 0.3 is 0 Å². The molecule has 1 aliphatic carbocycles. The number of hydrogen-bond donors (Lipinski definition) is 1. The molecule has 1 heterocycles. The SMILES string of the molecule is CN1CCN(C[C]2[CH][CH][CH][C]2CN)CC1. The van der Waals surface area contributed by atoms with Crippen LogP contribution in [0.5, 0.6) is 0 Å².